The van der Waals surface area contributed by atoms with Crippen LogP contribution >= 0.6 is 23.2 Å². The first-order chi connectivity index (χ1) is 8.58. The van der Waals surface area contributed by atoms with Crippen LogP contribution in [0.4, 0.5) is 0 Å². The van der Waals surface area contributed by atoms with Crippen LogP contribution in [0.5, 0.6) is 0 Å². The van der Waals surface area contributed by atoms with Crippen molar-refractivity contribution in [3.05, 3.63) is 33.8 Å². The zero-order valence-corrected chi connectivity index (χ0v) is 11.3. The lowest BCUT2D eigenvalue weighted by Gasteiger charge is -2.14. The molecule has 1 aromatic rings. The van der Waals surface area contributed by atoms with Crippen LogP contribution in [0, 0.1) is 0 Å². The van der Waals surface area contributed by atoms with E-state index in [0.717, 1.165) is 13.0 Å². The number of benzene rings is 1. The van der Waals surface area contributed by atoms with Crippen LogP contribution in [0.1, 0.15) is 29.6 Å². The molecule has 0 saturated carbocycles. The monoisotopic (exact) mass is 285 g/mol. The fourth-order valence-corrected chi connectivity index (χ4v) is 2.29. The van der Waals surface area contributed by atoms with Crippen LogP contribution < -0.4 is 0 Å². The predicted molar refractivity (Wildman–Crippen MR) is 71.2 cm³/mol. The van der Waals surface area contributed by atoms with Gasteiger partial charge in [-0.15, -0.1) is 0 Å². The molecule has 18 heavy (non-hydrogen) atoms. The topological polar surface area (TPSA) is 37.4 Å². The third kappa shape index (κ3) is 3.03. The van der Waals surface area contributed by atoms with E-state index in [-0.39, 0.29) is 11.7 Å². The Labute approximate surface area is 116 Å². The van der Waals surface area contributed by atoms with Crippen LogP contribution in [0.25, 0.3) is 0 Å². The Bertz CT molecular complexity index is 488. The Morgan fingerprint density at radius 2 is 2.06 bits per heavy atom. The molecule has 0 spiro atoms. The molecule has 3 nitrogen and oxygen atoms in total. The van der Waals surface area contributed by atoms with Crippen molar-refractivity contribution in [2.75, 3.05) is 13.1 Å². The van der Waals surface area contributed by atoms with Crippen molar-refractivity contribution in [2.24, 2.45) is 0 Å². The summed E-state index contributed by atoms with van der Waals surface area (Å²) in [5.41, 5.74) is 0.538. The zero-order chi connectivity index (χ0) is 13.1. The Kier molecular flexibility index (Phi) is 4.25. The summed E-state index contributed by atoms with van der Waals surface area (Å²) in [5.74, 6) is 0.116. The number of halogens is 2. The van der Waals surface area contributed by atoms with E-state index in [1.165, 1.54) is 0 Å². The van der Waals surface area contributed by atoms with E-state index in [1.807, 2.05) is 0 Å². The Morgan fingerprint density at radius 3 is 2.67 bits per heavy atom. The Balaban J connectivity index is 1.95. The number of nitrogens with zero attached hydrogens (tertiary/aromatic N) is 1. The number of hydrogen-bond donors (Lipinski definition) is 0. The molecule has 0 N–H and O–H groups in total. The average molecular weight is 286 g/mol. The van der Waals surface area contributed by atoms with Crippen molar-refractivity contribution in [3.63, 3.8) is 0 Å². The number of Topliss-reactive ketones (excluding diaryl/α,β-unsaturated/α-hetero) is 1. The van der Waals surface area contributed by atoms with E-state index in [2.05, 4.69) is 0 Å². The largest absolute Gasteiger partial charge is 0.342 e. The summed E-state index contributed by atoms with van der Waals surface area (Å²) < 4.78 is 0. The van der Waals surface area contributed by atoms with Gasteiger partial charge in [0.15, 0.2) is 5.78 Å². The first kappa shape index (κ1) is 13.4. The van der Waals surface area contributed by atoms with Crippen LogP contribution in [-0.4, -0.2) is 29.7 Å². The van der Waals surface area contributed by atoms with Gasteiger partial charge in [0.05, 0.1) is 10.0 Å². The minimum atomic E-state index is -0.0201. The SMILES string of the molecule is O=C(CCN1CCCC1=O)c1ccc(Cl)c(Cl)c1. The smallest absolute Gasteiger partial charge is 0.222 e. The van der Waals surface area contributed by atoms with Gasteiger partial charge in [-0.25, -0.2) is 0 Å². The van der Waals surface area contributed by atoms with Crippen molar-refractivity contribution >= 4 is 34.9 Å². The van der Waals surface area contributed by atoms with E-state index in [0.29, 0.717) is 35.0 Å². The van der Waals surface area contributed by atoms with Crippen LogP contribution in [0.2, 0.25) is 10.0 Å². The molecule has 1 heterocycles. The highest BCUT2D eigenvalue weighted by atomic mass is 35.5. The fraction of sp³-hybridized carbons (Fsp3) is 0.385. The standard InChI is InChI=1S/C13H13Cl2NO2/c14-10-4-3-9(8-11(10)15)12(17)5-7-16-6-1-2-13(16)18/h3-4,8H,1-2,5-7H2. The van der Waals surface area contributed by atoms with Gasteiger partial charge in [0.2, 0.25) is 5.91 Å². The number of carbonyl (C=O) groups excluding carboxylic acids is 2. The van der Waals surface area contributed by atoms with Crippen molar-refractivity contribution in [2.45, 2.75) is 19.3 Å². The van der Waals surface area contributed by atoms with Crippen molar-refractivity contribution < 1.29 is 9.59 Å². The number of amides is 1. The van der Waals surface area contributed by atoms with Crippen molar-refractivity contribution in [1.82, 2.24) is 4.90 Å². The minimum Gasteiger partial charge on any atom is -0.342 e. The van der Waals surface area contributed by atoms with Gasteiger partial charge in [-0.2, -0.15) is 0 Å². The molecule has 0 radical (unpaired) electrons. The molecule has 1 fully saturated rings. The molecule has 1 saturated heterocycles. The second kappa shape index (κ2) is 5.72. The van der Waals surface area contributed by atoms with Crippen LogP contribution in [0.3, 0.4) is 0 Å². The molecule has 0 aromatic heterocycles. The molecular weight excluding hydrogens is 273 g/mol. The van der Waals surface area contributed by atoms with Gasteiger partial charge in [-0.3, -0.25) is 9.59 Å². The van der Waals surface area contributed by atoms with Crippen LogP contribution in [-0.2, 0) is 4.79 Å². The molecule has 1 amide bonds. The second-order valence-electron chi connectivity index (χ2n) is 4.29. The normalized spacial score (nSPS) is 15.2. The predicted octanol–water partition coefficient (Wildman–Crippen LogP) is 3.19. The van der Waals surface area contributed by atoms with Gasteiger partial charge in [0, 0.05) is 31.5 Å². The highest BCUT2D eigenvalue weighted by molar-refractivity contribution is 6.42. The summed E-state index contributed by atoms with van der Waals surface area (Å²) in [6, 6.07) is 4.83. The first-order valence-electron chi connectivity index (χ1n) is 5.84. The highest BCUT2D eigenvalue weighted by Crippen LogP contribution is 2.23. The number of hydrogen-bond acceptors (Lipinski definition) is 2. The lowest BCUT2D eigenvalue weighted by Crippen LogP contribution is -2.27. The summed E-state index contributed by atoms with van der Waals surface area (Å²) in [6.45, 7) is 1.24. The quantitative estimate of drug-likeness (QED) is 0.797. The van der Waals surface area contributed by atoms with Crippen molar-refractivity contribution in [3.8, 4) is 0 Å². The number of carbonyl (C=O) groups is 2. The maximum absolute atomic E-state index is 11.9. The molecular formula is C13H13Cl2NO2. The Morgan fingerprint density at radius 1 is 1.28 bits per heavy atom. The molecule has 96 valence electrons. The maximum atomic E-state index is 11.9. The van der Waals surface area contributed by atoms with Gasteiger partial charge in [0.25, 0.3) is 0 Å². The van der Waals surface area contributed by atoms with E-state index in [1.54, 1.807) is 23.1 Å². The third-order valence-corrected chi connectivity index (χ3v) is 3.76. The molecule has 0 aliphatic carbocycles. The van der Waals surface area contributed by atoms with Crippen molar-refractivity contribution in [1.29, 1.82) is 0 Å². The summed E-state index contributed by atoms with van der Waals surface area (Å²) in [5, 5.41) is 0.808. The summed E-state index contributed by atoms with van der Waals surface area (Å²) in [4.78, 5) is 25.1. The Hall–Kier alpha value is -1.06. The molecule has 1 aliphatic heterocycles. The lowest BCUT2D eigenvalue weighted by atomic mass is 10.1. The molecule has 2 rings (SSSR count). The van der Waals surface area contributed by atoms with E-state index < -0.39 is 0 Å². The van der Waals surface area contributed by atoms with Gasteiger partial charge < -0.3 is 4.90 Å². The van der Waals surface area contributed by atoms with Gasteiger partial charge in [-0.05, 0) is 24.6 Å². The van der Waals surface area contributed by atoms with Gasteiger partial charge in [0.1, 0.15) is 0 Å². The molecule has 1 aromatic carbocycles. The van der Waals surface area contributed by atoms with Crippen LogP contribution in [0.15, 0.2) is 18.2 Å². The molecule has 0 unspecified atom stereocenters. The zero-order valence-electron chi connectivity index (χ0n) is 9.79. The second-order valence-corrected chi connectivity index (χ2v) is 5.10. The van der Waals surface area contributed by atoms with Gasteiger partial charge >= 0.3 is 0 Å². The molecule has 0 bridgehead atoms. The number of ketones is 1. The number of rotatable bonds is 4. The maximum Gasteiger partial charge on any atom is 0.222 e. The highest BCUT2D eigenvalue weighted by Gasteiger charge is 2.20. The molecule has 0 atom stereocenters. The summed E-state index contributed by atoms with van der Waals surface area (Å²) >= 11 is 11.6. The number of likely N-dealkylation sites (tertiary alicyclic amines) is 1. The first-order valence-corrected chi connectivity index (χ1v) is 6.59. The lowest BCUT2D eigenvalue weighted by molar-refractivity contribution is -0.127. The third-order valence-electron chi connectivity index (χ3n) is 3.02. The minimum absolute atomic E-state index is 0.0201. The average Bonchev–Trinajstić information content (AvgIpc) is 2.75. The fourth-order valence-electron chi connectivity index (χ4n) is 1.99. The van der Waals surface area contributed by atoms with E-state index in [9.17, 15) is 9.59 Å². The van der Waals surface area contributed by atoms with Gasteiger partial charge in [-0.1, -0.05) is 23.2 Å². The van der Waals surface area contributed by atoms with E-state index in [4.69, 9.17) is 23.2 Å². The summed E-state index contributed by atoms with van der Waals surface area (Å²) in [7, 11) is 0. The molecule has 1 aliphatic rings. The van der Waals surface area contributed by atoms with E-state index >= 15 is 0 Å². The summed E-state index contributed by atoms with van der Waals surface area (Å²) in [6.07, 6.45) is 1.81. The molecule has 5 heteroatoms.